The van der Waals surface area contributed by atoms with Gasteiger partial charge in [0.05, 0.1) is 6.26 Å². The van der Waals surface area contributed by atoms with Gasteiger partial charge in [-0.25, -0.2) is 8.42 Å². The van der Waals surface area contributed by atoms with Gasteiger partial charge >= 0.3 is 0 Å². The summed E-state index contributed by atoms with van der Waals surface area (Å²) in [6.45, 7) is 0. The van der Waals surface area contributed by atoms with Gasteiger partial charge in [0.2, 0.25) is 10.0 Å². The Bertz CT molecular complexity index is 1300. The Balaban J connectivity index is 1.98. The molecule has 0 spiro atoms. The monoisotopic (exact) mass is 386 g/mol. The van der Waals surface area contributed by atoms with Crippen molar-refractivity contribution in [2.24, 2.45) is 0 Å². The first-order chi connectivity index (χ1) is 12.3. The van der Waals surface area contributed by atoms with Crippen LogP contribution in [0.3, 0.4) is 0 Å². The van der Waals surface area contributed by atoms with Gasteiger partial charge in [-0.15, -0.1) is 11.3 Å². The number of aromatic nitrogens is 1. The summed E-state index contributed by atoms with van der Waals surface area (Å²) in [5.74, 6) is 0.0841. The average molecular weight is 386 g/mol. The number of thiophene rings is 1. The molecule has 0 aliphatic rings. The minimum atomic E-state index is -3.36. The van der Waals surface area contributed by atoms with E-state index in [0.29, 0.717) is 27.0 Å². The van der Waals surface area contributed by atoms with Crippen molar-refractivity contribution in [2.45, 2.75) is 0 Å². The molecule has 0 atom stereocenters. The molecule has 0 radical (unpaired) electrons. The fourth-order valence-corrected chi connectivity index (χ4v) is 4.41. The molecule has 0 bridgehead atoms. The lowest BCUT2D eigenvalue weighted by Gasteiger charge is -2.11. The Kier molecular flexibility index (Phi) is 3.74. The van der Waals surface area contributed by atoms with Gasteiger partial charge in [-0.2, -0.15) is 0 Å². The average Bonchev–Trinajstić information content (AvgIpc) is 3.05. The van der Waals surface area contributed by atoms with Crippen molar-refractivity contribution in [1.82, 2.24) is 4.98 Å². The minimum Gasteiger partial charge on any atom is -0.507 e. The number of phenolic OH excluding ortho intramolecular Hbond substituents is 1. The number of benzene rings is 2. The number of sulfonamides is 1. The molecule has 4 rings (SSSR count). The van der Waals surface area contributed by atoms with E-state index in [0.717, 1.165) is 17.0 Å². The first-order valence-electron chi connectivity index (χ1n) is 7.67. The van der Waals surface area contributed by atoms with Crippen LogP contribution in [0.25, 0.3) is 32.1 Å². The van der Waals surface area contributed by atoms with Crippen molar-refractivity contribution in [3.8, 4) is 16.9 Å². The number of aromatic hydroxyl groups is 1. The number of pyridine rings is 1. The van der Waals surface area contributed by atoms with Crippen LogP contribution in [0.5, 0.6) is 5.75 Å². The van der Waals surface area contributed by atoms with E-state index >= 15 is 0 Å². The summed E-state index contributed by atoms with van der Waals surface area (Å²) in [5.41, 5.74) is 2.21. The van der Waals surface area contributed by atoms with Crippen molar-refractivity contribution < 1.29 is 13.5 Å². The highest BCUT2D eigenvalue weighted by Gasteiger charge is 2.15. The van der Waals surface area contributed by atoms with Crippen LogP contribution in [-0.4, -0.2) is 24.8 Å². The summed E-state index contributed by atoms with van der Waals surface area (Å²) in [4.78, 5) is 15.0. The van der Waals surface area contributed by atoms with Gasteiger partial charge < -0.3 is 10.1 Å². The van der Waals surface area contributed by atoms with Crippen LogP contribution in [0.15, 0.2) is 52.6 Å². The van der Waals surface area contributed by atoms with Gasteiger partial charge in [0, 0.05) is 27.5 Å². The maximum atomic E-state index is 12.2. The van der Waals surface area contributed by atoms with Gasteiger partial charge in [-0.3, -0.25) is 9.52 Å². The fraction of sp³-hybridized carbons (Fsp3) is 0.0556. The molecular weight excluding hydrogens is 372 g/mol. The van der Waals surface area contributed by atoms with E-state index in [4.69, 9.17) is 0 Å². The number of anilines is 1. The first-order valence-corrected chi connectivity index (χ1v) is 10.4. The normalized spacial score (nSPS) is 11.9. The molecule has 26 heavy (non-hydrogen) atoms. The molecule has 0 saturated heterocycles. The van der Waals surface area contributed by atoms with Crippen LogP contribution in [0, 0.1) is 0 Å². The third-order valence-electron chi connectivity index (χ3n) is 4.05. The van der Waals surface area contributed by atoms with E-state index in [9.17, 15) is 18.3 Å². The quantitative estimate of drug-likeness (QED) is 0.502. The third-order valence-corrected chi connectivity index (χ3v) is 5.57. The van der Waals surface area contributed by atoms with Crippen molar-refractivity contribution in [3.63, 3.8) is 0 Å². The Morgan fingerprint density at radius 1 is 1.08 bits per heavy atom. The lowest BCUT2D eigenvalue weighted by Crippen LogP contribution is -2.09. The smallest absolute Gasteiger partial charge is 0.266 e. The Labute approximate surface area is 152 Å². The van der Waals surface area contributed by atoms with Crippen molar-refractivity contribution >= 4 is 48.0 Å². The van der Waals surface area contributed by atoms with Gasteiger partial charge in [-0.05, 0) is 41.3 Å². The third kappa shape index (κ3) is 2.83. The molecule has 0 saturated carbocycles. The molecule has 132 valence electrons. The largest absolute Gasteiger partial charge is 0.507 e. The Morgan fingerprint density at radius 2 is 1.81 bits per heavy atom. The zero-order valence-electron chi connectivity index (χ0n) is 13.6. The molecule has 2 aromatic heterocycles. The summed E-state index contributed by atoms with van der Waals surface area (Å²) in [6, 6.07) is 11.8. The molecule has 0 aliphatic heterocycles. The summed E-state index contributed by atoms with van der Waals surface area (Å²) in [7, 11) is -3.36. The van der Waals surface area contributed by atoms with Gasteiger partial charge in [-0.1, -0.05) is 12.1 Å². The van der Waals surface area contributed by atoms with Crippen molar-refractivity contribution in [1.29, 1.82) is 0 Å². The SMILES string of the molecule is CS(=O)(=O)Nc1ccc(-c2c(O)ccc3[nH]c(=O)c4sccc4c23)cc1. The summed E-state index contributed by atoms with van der Waals surface area (Å²) >= 11 is 1.35. The molecule has 0 amide bonds. The summed E-state index contributed by atoms with van der Waals surface area (Å²) in [6.07, 6.45) is 1.08. The van der Waals surface area contributed by atoms with E-state index in [-0.39, 0.29) is 11.3 Å². The second kappa shape index (κ2) is 5.86. The second-order valence-electron chi connectivity index (χ2n) is 5.95. The summed E-state index contributed by atoms with van der Waals surface area (Å²) < 4.78 is 25.7. The summed E-state index contributed by atoms with van der Waals surface area (Å²) in [5, 5.41) is 13.9. The van der Waals surface area contributed by atoms with E-state index in [1.807, 2.05) is 11.4 Å². The lowest BCUT2D eigenvalue weighted by atomic mass is 9.97. The maximum absolute atomic E-state index is 12.2. The Morgan fingerprint density at radius 3 is 2.50 bits per heavy atom. The second-order valence-corrected chi connectivity index (χ2v) is 8.62. The zero-order valence-corrected chi connectivity index (χ0v) is 15.2. The highest BCUT2D eigenvalue weighted by Crippen LogP contribution is 2.39. The highest BCUT2D eigenvalue weighted by atomic mass is 32.2. The van der Waals surface area contributed by atoms with E-state index in [1.54, 1.807) is 30.3 Å². The predicted octanol–water partition coefficient (Wildman–Crippen LogP) is 3.49. The van der Waals surface area contributed by atoms with Crippen molar-refractivity contribution in [3.05, 3.63) is 58.2 Å². The van der Waals surface area contributed by atoms with Crippen LogP contribution in [0.1, 0.15) is 0 Å². The molecule has 0 aliphatic carbocycles. The zero-order chi connectivity index (χ0) is 18.5. The topological polar surface area (TPSA) is 99.3 Å². The number of rotatable bonds is 3. The molecule has 0 unspecified atom stereocenters. The lowest BCUT2D eigenvalue weighted by molar-refractivity contribution is 0.478. The minimum absolute atomic E-state index is 0.0841. The number of phenols is 1. The van der Waals surface area contributed by atoms with Crippen LogP contribution < -0.4 is 10.3 Å². The molecule has 2 heterocycles. The molecule has 2 aromatic carbocycles. The number of fused-ring (bicyclic) bond motifs is 3. The van der Waals surface area contributed by atoms with E-state index < -0.39 is 10.0 Å². The Hall–Kier alpha value is -2.84. The number of hydrogen-bond acceptors (Lipinski definition) is 5. The van der Waals surface area contributed by atoms with E-state index in [2.05, 4.69) is 9.71 Å². The van der Waals surface area contributed by atoms with Gasteiger partial charge in [0.25, 0.3) is 5.56 Å². The number of hydrogen-bond donors (Lipinski definition) is 3. The molecule has 3 N–H and O–H groups in total. The number of nitrogens with one attached hydrogen (secondary N) is 2. The van der Waals surface area contributed by atoms with Crippen LogP contribution in [-0.2, 0) is 10.0 Å². The standard InChI is InChI=1S/C18H14N2O4S2/c1-26(23,24)20-11-4-2-10(3-5-11)15-14(21)7-6-13-16(15)12-8-9-25-17(12)18(22)19-13/h2-9,20-21H,1H3,(H,19,22). The van der Waals surface area contributed by atoms with Gasteiger partial charge in [0.1, 0.15) is 10.4 Å². The van der Waals surface area contributed by atoms with Gasteiger partial charge in [0.15, 0.2) is 0 Å². The molecule has 8 heteroatoms. The first kappa shape index (κ1) is 16.6. The molecule has 6 nitrogen and oxygen atoms in total. The number of H-pyrrole nitrogens is 1. The van der Waals surface area contributed by atoms with Crippen LogP contribution in [0.4, 0.5) is 5.69 Å². The van der Waals surface area contributed by atoms with E-state index in [1.165, 1.54) is 17.4 Å². The fourth-order valence-electron chi connectivity index (χ4n) is 3.05. The maximum Gasteiger partial charge on any atom is 0.266 e. The van der Waals surface area contributed by atoms with Crippen molar-refractivity contribution in [2.75, 3.05) is 11.0 Å². The highest BCUT2D eigenvalue weighted by molar-refractivity contribution is 7.92. The van der Waals surface area contributed by atoms with Crippen LogP contribution in [0.2, 0.25) is 0 Å². The number of aromatic amines is 1. The predicted molar refractivity (Wildman–Crippen MR) is 106 cm³/mol. The molecule has 4 aromatic rings. The molecular formula is C18H14N2O4S2. The molecule has 0 fully saturated rings. The van der Waals surface area contributed by atoms with Crippen LogP contribution >= 0.6 is 11.3 Å².